The molecule has 0 aromatic carbocycles. The molecule has 0 fully saturated rings. The highest BCUT2D eigenvalue weighted by Crippen LogP contribution is 2.37. The number of hydrogen-bond donors (Lipinski definition) is 7. The lowest BCUT2D eigenvalue weighted by atomic mass is 10.4. The standard InChI is InChI=1S/C3H9O6P.CH5N3/c4-1-3(2-5)9-10(6,7)8;2-1(3)4/h3-5H,1-2H2,(H2,6,7,8);(H5,2,3,4). The molecule has 0 aliphatic carbocycles. The van der Waals surface area contributed by atoms with E-state index < -0.39 is 27.1 Å². The zero-order valence-corrected chi connectivity index (χ0v) is 8.09. The van der Waals surface area contributed by atoms with Crippen molar-refractivity contribution in [2.75, 3.05) is 13.2 Å². The Morgan fingerprint density at radius 3 is 1.71 bits per heavy atom. The molecule has 9 nitrogen and oxygen atoms in total. The van der Waals surface area contributed by atoms with Crippen LogP contribution in [0.2, 0.25) is 0 Å². The van der Waals surface area contributed by atoms with Gasteiger partial charge in [0.2, 0.25) is 0 Å². The Morgan fingerprint density at radius 1 is 1.36 bits per heavy atom. The summed E-state index contributed by atoms with van der Waals surface area (Å²) in [5.41, 5.74) is 8.94. The van der Waals surface area contributed by atoms with E-state index in [0.717, 1.165) is 0 Å². The normalized spacial score (nSPS) is 10.6. The third-order valence-corrected chi connectivity index (χ3v) is 1.27. The zero-order chi connectivity index (χ0) is 11.8. The third-order valence-electron chi connectivity index (χ3n) is 0.694. The van der Waals surface area contributed by atoms with E-state index in [2.05, 4.69) is 16.0 Å². The highest BCUT2D eigenvalue weighted by atomic mass is 31.2. The quantitative estimate of drug-likeness (QED) is 0.154. The van der Waals surface area contributed by atoms with Crippen molar-refractivity contribution >= 4 is 13.8 Å². The first-order valence-electron chi connectivity index (χ1n) is 3.28. The predicted molar refractivity (Wildman–Crippen MR) is 47.2 cm³/mol. The van der Waals surface area contributed by atoms with Crippen molar-refractivity contribution in [1.82, 2.24) is 0 Å². The second-order valence-electron chi connectivity index (χ2n) is 2.04. The second-order valence-corrected chi connectivity index (χ2v) is 3.23. The number of nitrogens with one attached hydrogen (secondary N) is 1. The lowest BCUT2D eigenvalue weighted by molar-refractivity contribution is 0.0391. The molecule has 86 valence electrons. The summed E-state index contributed by atoms with van der Waals surface area (Å²) in [5, 5.41) is 22.6. The molecule has 0 aliphatic heterocycles. The maximum absolute atomic E-state index is 10.0. The maximum Gasteiger partial charge on any atom is 0.470 e. The van der Waals surface area contributed by atoms with Gasteiger partial charge in [0.25, 0.3) is 0 Å². The number of rotatable bonds is 4. The first-order valence-corrected chi connectivity index (χ1v) is 4.81. The van der Waals surface area contributed by atoms with Gasteiger partial charge in [-0.15, -0.1) is 0 Å². The van der Waals surface area contributed by atoms with E-state index in [-0.39, 0.29) is 5.96 Å². The number of phosphoric acid groups is 1. The van der Waals surface area contributed by atoms with Crippen molar-refractivity contribution < 1.29 is 29.1 Å². The molecule has 10 heteroatoms. The zero-order valence-electron chi connectivity index (χ0n) is 7.20. The van der Waals surface area contributed by atoms with Crippen molar-refractivity contribution in [2.45, 2.75) is 6.10 Å². The average molecular weight is 231 g/mol. The summed E-state index contributed by atoms with van der Waals surface area (Å²) in [4.78, 5) is 16.2. The van der Waals surface area contributed by atoms with Gasteiger partial charge in [0, 0.05) is 0 Å². The lowest BCUT2D eigenvalue weighted by Gasteiger charge is -2.11. The topological polar surface area (TPSA) is 183 Å². The summed E-state index contributed by atoms with van der Waals surface area (Å²) in [6.45, 7) is -1.25. The number of aliphatic hydroxyl groups is 2. The monoisotopic (exact) mass is 231 g/mol. The van der Waals surface area contributed by atoms with Crippen LogP contribution in [0.3, 0.4) is 0 Å². The number of aliphatic hydroxyl groups excluding tert-OH is 2. The molecule has 0 bridgehead atoms. The first-order chi connectivity index (χ1) is 6.22. The van der Waals surface area contributed by atoms with E-state index in [1.165, 1.54) is 0 Å². The van der Waals surface area contributed by atoms with Crippen LogP contribution in [-0.2, 0) is 9.09 Å². The molecule has 0 aromatic heterocycles. The minimum Gasteiger partial charge on any atom is -0.394 e. The van der Waals surface area contributed by atoms with Gasteiger partial charge in [0.15, 0.2) is 5.96 Å². The van der Waals surface area contributed by atoms with Gasteiger partial charge < -0.3 is 31.5 Å². The summed E-state index contributed by atoms with van der Waals surface area (Å²) in [5.74, 6) is -0.333. The molecule has 0 aromatic rings. The van der Waals surface area contributed by atoms with E-state index in [4.69, 9.17) is 25.4 Å². The Labute approximate surface area is 80.0 Å². The van der Waals surface area contributed by atoms with Crippen molar-refractivity contribution in [3.63, 3.8) is 0 Å². The largest absolute Gasteiger partial charge is 0.470 e. The van der Waals surface area contributed by atoms with Crippen LogP contribution in [0.1, 0.15) is 0 Å². The molecule has 0 spiro atoms. The van der Waals surface area contributed by atoms with Gasteiger partial charge in [0.1, 0.15) is 6.10 Å². The molecule has 0 aliphatic rings. The van der Waals surface area contributed by atoms with E-state index in [1.54, 1.807) is 0 Å². The molecule has 0 heterocycles. The molecule has 0 radical (unpaired) electrons. The van der Waals surface area contributed by atoms with Crippen LogP contribution in [0.5, 0.6) is 0 Å². The molecule has 0 atom stereocenters. The Morgan fingerprint density at radius 2 is 1.64 bits per heavy atom. The summed E-state index contributed by atoms with van der Waals surface area (Å²) < 4.78 is 13.9. The predicted octanol–water partition coefficient (Wildman–Crippen LogP) is -2.71. The van der Waals surface area contributed by atoms with Crippen molar-refractivity contribution in [3.8, 4) is 0 Å². The van der Waals surface area contributed by atoms with Gasteiger partial charge in [-0.05, 0) is 0 Å². The minimum atomic E-state index is -4.57. The third kappa shape index (κ3) is 17.4. The van der Waals surface area contributed by atoms with Crippen molar-refractivity contribution in [1.29, 1.82) is 5.41 Å². The van der Waals surface area contributed by atoms with Crippen molar-refractivity contribution in [2.24, 2.45) is 11.5 Å². The van der Waals surface area contributed by atoms with Gasteiger partial charge in [-0.3, -0.25) is 9.93 Å². The van der Waals surface area contributed by atoms with Crippen LogP contribution in [0.4, 0.5) is 0 Å². The number of hydrogen-bond acceptors (Lipinski definition) is 5. The molecule has 0 amide bonds. The maximum atomic E-state index is 10.0. The Bertz CT molecular complexity index is 197. The van der Waals surface area contributed by atoms with Crippen LogP contribution in [0, 0.1) is 5.41 Å². The fourth-order valence-electron chi connectivity index (χ4n) is 0.319. The molecule has 0 rings (SSSR count). The molecular formula is C4H14N3O6P. The van der Waals surface area contributed by atoms with Gasteiger partial charge in [-0.2, -0.15) is 0 Å². The Kier molecular flexibility index (Phi) is 8.65. The van der Waals surface area contributed by atoms with E-state index in [9.17, 15) is 4.57 Å². The summed E-state index contributed by atoms with van der Waals surface area (Å²) in [7, 11) is -4.57. The summed E-state index contributed by atoms with van der Waals surface area (Å²) >= 11 is 0. The van der Waals surface area contributed by atoms with Crippen LogP contribution < -0.4 is 11.5 Å². The lowest BCUT2D eigenvalue weighted by Crippen LogP contribution is -2.20. The first kappa shape index (κ1) is 15.8. The van der Waals surface area contributed by atoms with Crippen molar-refractivity contribution in [3.05, 3.63) is 0 Å². The minimum absolute atomic E-state index is 0.333. The Hall–Kier alpha value is -0.700. The van der Waals surface area contributed by atoms with Crippen LogP contribution in [-0.4, -0.2) is 45.3 Å². The highest BCUT2D eigenvalue weighted by Gasteiger charge is 2.20. The van der Waals surface area contributed by atoms with Gasteiger partial charge in [-0.25, -0.2) is 4.57 Å². The molecular weight excluding hydrogens is 217 g/mol. The summed E-state index contributed by atoms with van der Waals surface area (Å²) in [6.07, 6.45) is -1.21. The van der Waals surface area contributed by atoms with E-state index in [0.29, 0.717) is 0 Å². The molecule has 0 saturated heterocycles. The van der Waals surface area contributed by atoms with Crippen LogP contribution in [0.25, 0.3) is 0 Å². The number of guanidine groups is 1. The van der Waals surface area contributed by atoms with Crippen LogP contribution >= 0.6 is 7.82 Å². The van der Waals surface area contributed by atoms with Crippen LogP contribution in [0.15, 0.2) is 0 Å². The second kappa shape index (κ2) is 7.68. The molecule has 0 unspecified atom stereocenters. The van der Waals surface area contributed by atoms with E-state index >= 15 is 0 Å². The summed E-state index contributed by atoms with van der Waals surface area (Å²) in [6, 6.07) is 0. The molecule has 9 N–H and O–H groups in total. The number of nitrogens with two attached hydrogens (primary N) is 2. The average Bonchev–Trinajstić information content (AvgIpc) is 1.97. The molecule has 14 heavy (non-hydrogen) atoms. The smallest absolute Gasteiger partial charge is 0.394 e. The Balaban J connectivity index is 0. The van der Waals surface area contributed by atoms with Gasteiger partial charge >= 0.3 is 7.82 Å². The fourth-order valence-corrected chi connectivity index (χ4v) is 0.840. The fraction of sp³-hybridized carbons (Fsp3) is 0.750. The SMILES string of the molecule is N=C(N)N.O=P(O)(O)OC(CO)CO. The van der Waals surface area contributed by atoms with Gasteiger partial charge in [0.05, 0.1) is 13.2 Å². The van der Waals surface area contributed by atoms with E-state index in [1.807, 2.05) is 0 Å². The van der Waals surface area contributed by atoms with Gasteiger partial charge in [-0.1, -0.05) is 0 Å². The highest BCUT2D eigenvalue weighted by molar-refractivity contribution is 7.46. The number of phosphoric ester groups is 1. The molecule has 0 saturated carbocycles.